The van der Waals surface area contributed by atoms with E-state index in [0.717, 1.165) is 36.9 Å². The number of piperazine rings is 1. The maximum absolute atomic E-state index is 12.6. The van der Waals surface area contributed by atoms with Gasteiger partial charge in [-0.3, -0.25) is 4.79 Å². The maximum Gasteiger partial charge on any atom is 0.286 e. The average molecular weight is 440 g/mol. The molecule has 8 heteroatoms. The molecule has 0 aliphatic carbocycles. The number of carbonyl (C=O) groups excluding carboxylic acids is 1. The Kier molecular flexibility index (Phi) is 6.36. The SMILES string of the molecule is COc1cc(OC)c(OC)cc1C=C1SC(N2CCN(c3ccccc3)CC2)=NC1=O. The van der Waals surface area contributed by atoms with Gasteiger partial charge in [0.2, 0.25) is 0 Å². The second-order valence-corrected chi connectivity index (χ2v) is 8.08. The molecule has 0 saturated carbocycles. The van der Waals surface area contributed by atoms with Crippen LogP contribution in [0.1, 0.15) is 5.56 Å². The normalized spacial score (nSPS) is 17.7. The number of aliphatic imine (C=N–C) groups is 1. The first-order chi connectivity index (χ1) is 15.1. The Morgan fingerprint density at radius 2 is 1.48 bits per heavy atom. The third-order valence-corrected chi connectivity index (χ3v) is 6.35. The highest BCUT2D eigenvalue weighted by Crippen LogP contribution is 2.38. The van der Waals surface area contributed by atoms with Crippen LogP contribution >= 0.6 is 11.8 Å². The van der Waals surface area contributed by atoms with Crippen molar-refractivity contribution in [3.05, 3.63) is 52.9 Å². The van der Waals surface area contributed by atoms with E-state index >= 15 is 0 Å². The van der Waals surface area contributed by atoms with Crippen molar-refractivity contribution in [3.63, 3.8) is 0 Å². The second kappa shape index (κ2) is 9.34. The molecule has 0 N–H and O–H groups in total. The number of carbonyl (C=O) groups is 1. The summed E-state index contributed by atoms with van der Waals surface area (Å²) >= 11 is 1.40. The Hall–Kier alpha value is -3.13. The predicted octanol–water partition coefficient (Wildman–Crippen LogP) is 3.50. The van der Waals surface area contributed by atoms with Gasteiger partial charge in [0.25, 0.3) is 5.91 Å². The summed E-state index contributed by atoms with van der Waals surface area (Å²) in [6.07, 6.45) is 1.80. The van der Waals surface area contributed by atoms with Crippen LogP contribution in [0.15, 0.2) is 52.4 Å². The number of hydrogen-bond acceptors (Lipinski definition) is 7. The van der Waals surface area contributed by atoms with Crippen LogP contribution in [0.25, 0.3) is 6.08 Å². The topological polar surface area (TPSA) is 63.6 Å². The smallest absolute Gasteiger partial charge is 0.286 e. The molecule has 0 unspecified atom stereocenters. The molecule has 1 fully saturated rings. The average Bonchev–Trinajstić information content (AvgIpc) is 3.19. The van der Waals surface area contributed by atoms with Crippen molar-refractivity contribution in [2.45, 2.75) is 0 Å². The number of amides is 1. The molecule has 1 amide bonds. The van der Waals surface area contributed by atoms with E-state index < -0.39 is 0 Å². The lowest BCUT2D eigenvalue weighted by Gasteiger charge is -2.36. The number of para-hydroxylation sites is 1. The van der Waals surface area contributed by atoms with Gasteiger partial charge in [0, 0.05) is 43.5 Å². The van der Waals surface area contributed by atoms with Gasteiger partial charge in [-0.25, -0.2) is 0 Å². The van der Waals surface area contributed by atoms with Crippen LogP contribution in [-0.2, 0) is 4.79 Å². The lowest BCUT2D eigenvalue weighted by Crippen LogP contribution is -2.47. The fourth-order valence-corrected chi connectivity index (χ4v) is 4.59. The van der Waals surface area contributed by atoms with Crippen molar-refractivity contribution < 1.29 is 19.0 Å². The molecule has 0 bridgehead atoms. The molecule has 0 radical (unpaired) electrons. The van der Waals surface area contributed by atoms with E-state index in [-0.39, 0.29) is 5.91 Å². The first-order valence-corrected chi connectivity index (χ1v) is 10.8. The molecule has 2 aromatic rings. The minimum absolute atomic E-state index is 0.234. The van der Waals surface area contributed by atoms with Crippen molar-refractivity contribution in [2.75, 3.05) is 52.4 Å². The zero-order valence-corrected chi connectivity index (χ0v) is 18.6. The summed E-state index contributed by atoms with van der Waals surface area (Å²) < 4.78 is 16.2. The summed E-state index contributed by atoms with van der Waals surface area (Å²) in [5.41, 5.74) is 1.96. The van der Waals surface area contributed by atoms with Crippen LogP contribution in [-0.4, -0.2) is 63.5 Å². The third kappa shape index (κ3) is 4.49. The predicted molar refractivity (Wildman–Crippen MR) is 124 cm³/mol. The van der Waals surface area contributed by atoms with Crippen molar-refractivity contribution >= 4 is 34.6 Å². The lowest BCUT2D eigenvalue weighted by molar-refractivity contribution is -0.113. The van der Waals surface area contributed by atoms with Gasteiger partial charge in [-0.2, -0.15) is 4.99 Å². The Morgan fingerprint density at radius 3 is 2.13 bits per heavy atom. The van der Waals surface area contributed by atoms with E-state index in [9.17, 15) is 4.79 Å². The molecule has 4 rings (SSSR count). The first-order valence-electron chi connectivity index (χ1n) is 10.0. The number of rotatable bonds is 5. The Bertz CT molecular complexity index is 1010. The van der Waals surface area contributed by atoms with E-state index in [2.05, 4.69) is 39.1 Å². The Morgan fingerprint density at radius 1 is 0.871 bits per heavy atom. The van der Waals surface area contributed by atoms with Crippen LogP contribution in [0, 0.1) is 0 Å². The van der Waals surface area contributed by atoms with E-state index in [0.29, 0.717) is 22.2 Å². The quantitative estimate of drug-likeness (QED) is 0.661. The Balaban J connectivity index is 1.47. The molecule has 0 atom stereocenters. The van der Waals surface area contributed by atoms with Gasteiger partial charge in [0.15, 0.2) is 16.7 Å². The summed E-state index contributed by atoms with van der Waals surface area (Å²) in [6, 6.07) is 13.9. The fourth-order valence-electron chi connectivity index (χ4n) is 3.63. The molecule has 1 saturated heterocycles. The van der Waals surface area contributed by atoms with Gasteiger partial charge >= 0.3 is 0 Å². The number of nitrogens with zero attached hydrogens (tertiary/aromatic N) is 3. The highest BCUT2D eigenvalue weighted by atomic mass is 32.2. The monoisotopic (exact) mass is 439 g/mol. The van der Waals surface area contributed by atoms with E-state index in [1.807, 2.05) is 6.07 Å². The molecular formula is C23H25N3O4S. The van der Waals surface area contributed by atoms with Gasteiger partial charge in [-0.15, -0.1) is 0 Å². The van der Waals surface area contributed by atoms with Crippen LogP contribution < -0.4 is 19.1 Å². The molecule has 2 aromatic carbocycles. The lowest BCUT2D eigenvalue weighted by atomic mass is 10.1. The molecule has 31 heavy (non-hydrogen) atoms. The van der Waals surface area contributed by atoms with Crippen molar-refractivity contribution in [2.24, 2.45) is 4.99 Å². The number of thioether (sulfide) groups is 1. The molecule has 0 aromatic heterocycles. The summed E-state index contributed by atoms with van der Waals surface area (Å²) in [5, 5.41) is 0.753. The van der Waals surface area contributed by atoms with Gasteiger partial charge in [0.1, 0.15) is 5.75 Å². The van der Waals surface area contributed by atoms with Gasteiger partial charge < -0.3 is 24.0 Å². The van der Waals surface area contributed by atoms with E-state index in [4.69, 9.17) is 14.2 Å². The number of methoxy groups -OCH3 is 3. The third-order valence-electron chi connectivity index (χ3n) is 5.30. The number of benzene rings is 2. The van der Waals surface area contributed by atoms with E-state index in [1.165, 1.54) is 17.4 Å². The van der Waals surface area contributed by atoms with Crippen LogP contribution in [0.5, 0.6) is 17.2 Å². The van der Waals surface area contributed by atoms with Gasteiger partial charge in [-0.1, -0.05) is 18.2 Å². The van der Waals surface area contributed by atoms with Crippen LogP contribution in [0.3, 0.4) is 0 Å². The van der Waals surface area contributed by atoms with Crippen molar-refractivity contribution in [1.82, 2.24) is 4.90 Å². The standard InChI is InChI=1S/C23H25N3O4S/c1-28-18-15-20(30-3)19(29-2)13-16(18)14-21-22(27)24-23(31-21)26-11-9-25(10-12-26)17-7-5-4-6-8-17/h4-8,13-15H,9-12H2,1-3H3. The summed E-state index contributed by atoms with van der Waals surface area (Å²) in [4.78, 5) is 22.0. The van der Waals surface area contributed by atoms with Crippen molar-refractivity contribution in [3.8, 4) is 17.2 Å². The zero-order chi connectivity index (χ0) is 21.8. The minimum atomic E-state index is -0.234. The maximum atomic E-state index is 12.6. The van der Waals surface area contributed by atoms with Gasteiger partial charge in [-0.05, 0) is 36.0 Å². The molecule has 2 aliphatic rings. The molecule has 7 nitrogen and oxygen atoms in total. The number of anilines is 1. The molecule has 2 heterocycles. The molecule has 2 aliphatic heterocycles. The molecule has 0 spiro atoms. The number of ether oxygens (including phenoxy) is 3. The largest absolute Gasteiger partial charge is 0.496 e. The second-order valence-electron chi connectivity index (χ2n) is 7.07. The molecular weight excluding hydrogens is 414 g/mol. The van der Waals surface area contributed by atoms with E-state index in [1.54, 1.807) is 39.5 Å². The highest BCUT2D eigenvalue weighted by molar-refractivity contribution is 8.18. The summed E-state index contributed by atoms with van der Waals surface area (Å²) in [6.45, 7) is 3.42. The summed E-state index contributed by atoms with van der Waals surface area (Å²) in [5.74, 6) is 1.51. The highest BCUT2D eigenvalue weighted by Gasteiger charge is 2.29. The number of amidine groups is 1. The van der Waals surface area contributed by atoms with Gasteiger partial charge in [0.05, 0.1) is 26.2 Å². The number of hydrogen-bond donors (Lipinski definition) is 0. The fraction of sp³-hybridized carbons (Fsp3) is 0.304. The summed E-state index contributed by atoms with van der Waals surface area (Å²) in [7, 11) is 4.73. The van der Waals surface area contributed by atoms with Crippen LogP contribution in [0.2, 0.25) is 0 Å². The molecule has 162 valence electrons. The van der Waals surface area contributed by atoms with Crippen molar-refractivity contribution in [1.29, 1.82) is 0 Å². The zero-order valence-electron chi connectivity index (χ0n) is 17.8. The Labute approximate surface area is 186 Å². The first kappa shape index (κ1) is 21.1. The minimum Gasteiger partial charge on any atom is -0.496 e. The van der Waals surface area contributed by atoms with Crippen LogP contribution in [0.4, 0.5) is 5.69 Å².